The van der Waals surface area contributed by atoms with Crippen LogP contribution in [0.2, 0.25) is 0 Å². The number of alkyl halides is 2. The lowest BCUT2D eigenvalue weighted by molar-refractivity contribution is -0.125. The van der Waals surface area contributed by atoms with Gasteiger partial charge in [0.05, 0.1) is 0 Å². The molecular weight excluding hydrogens is 276 g/mol. The third kappa shape index (κ3) is 5.17. The van der Waals surface area contributed by atoms with Crippen LogP contribution >= 0.6 is 0 Å². The van der Waals surface area contributed by atoms with Gasteiger partial charge in [0, 0.05) is 12.5 Å². The zero-order chi connectivity index (χ0) is 15.1. The van der Waals surface area contributed by atoms with Crippen LogP contribution < -0.4 is 10.1 Å². The molecule has 0 aromatic heterocycles. The highest BCUT2D eigenvalue weighted by Gasteiger charge is 2.18. The summed E-state index contributed by atoms with van der Waals surface area (Å²) in [4.78, 5) is 12.0. The summed E-state index contributed by atoms with van der Waals surface area (Å²) >= 11 is 0. The molecule has 5 heteroatoms. The zero-order valence-electron chi connectivity index (χ0n) is 11.7. The van der Waals surface area contributed by atoms with Crippen LogP contribution in [0.3, 0.4) is 0 Å². The van der Waals surface area contributed by atoms with Crippen molar-refractivity contribution in [1.29, 1.82) is 0 Å². The molecule has 114 valence electrons. The van der Waals surface area contributed by atoms with Crippen molar-refractivity contribution in [3.63, 3.8) is 0 Å². The molecule has 0 unspecified atom stereocenters. The number of allylic oxidation sites excluding steroid dienone is 2. The molecule has 0 heterocycles. The van der Waals surface area contributed by atoms with E-state index in [9.17, 15) is 13.6 Å². The summed E-state index contributed by atoms with van der Waals surface area (Å²) in [5.74, 6) is 0.467. The average molecular weight is 295 g/mol. The van der Waals surface area contributed by atoms with E-state index in [1.165, 1.54) is 0 Å². The van der Waals surface area contributed by atoms with Gasteiger partial charge in [-0.1, -0.05) is 24.3 Å². The number of carbonyl (C=O) groups excluding carboxylic acids is 1. The molecule has 0 saturated heterocycles. The van der Waals surface area contributed by atoms with Crippen molar-refractivity contribution in [2.45, 2.75) is 32.2 Å². The van der Waals surface area contributed by atoms with Crippen LogP contribution in [0.5, 0.6) is 5.75 Å². The lowest BCUT2D eigenvalue weighted by Crippen LogP contribution is -2.30. The Morgan fingerprint density at radius 1 is 1.38 bits per heavy atom. The molecule has 3 nitrogen and oxygen atoms in total. The van der Waals surface area contributed by atoms with Crippen molar-refractivity contribution >= 4 is 5.91 Å². The Balaban J connectivity index is 1.83. The number of hydrogen-bond acceptors (Lipinski definition) is 2. The molecule has 0 aliphatic heterocycles. The Morgan fingerprint density at radius 3 is 2.95 bits per heavy atom. The topological polar surface area (TPSA) is 38.3 Å². The average Bonchev–Trinajstić information content (AvgIpc) is 2.52. The molecule has 0 fully saturated rings. The van der Waals surface area contributed by atoms with Crippen molar-refractivity contribution < 1.29 is 18.3 Å². The molecule has 1 aliphatic carbocycles. The van der Waals surface area contributed by atoms with E-state index in [1.807, 2.05) is 12.1 Å². The maximum Gasteiger partial charge on any atom is 0.272 e. The van der Waals surface area contributed by atoms with E-state index in [4.69, 9.17) is 4.74 Å². The van der Waals surface area contributed by atoms with Gasteiger partial charge in [0.15, 0.2) is 0 Å². The van der Waals surface area contributed by atoms with Gasteiger partial charge < -0.3 is 10.1 Å². The van der Waals surface area contributed by atoms with Crippen LogP contribution in [0.1, 0.15) is 24.8 Å². The molecule has 1 atom stereocenters. The summed E-state index contributed by atoms with van der Waals surface area (Å²) in [6.45, 7) is -0.241. The minimum absolute atomic E-state index is 0.0354. The largest absolute Gasteiger partial charge is 0.488 e. The first-order valence-corrected chi connectivity index (χ1v) is 7.08. The molecule has 1 amide bonds. The quantitative estimate of drug-likeness (QED) is 0.818. The predicted octanol–water partition coefficient (Wildman–Crippen LogP) is 3.30. The highest BCUT2D eigenvalue weighted by atomic mass is 19.3. The van der Waals surface area contributed by atoms with Gasteiger partial charge in [-0.2, -0.15) is 0 Å². The molecule has 0 bridgehead atoms. The van der Waals surface area contributed by atoms with Gasteiger partial charge in [-0.3, -0.25) is 4.79 Å². The number of rotatable bonds is 6. The Morgan fingerprint density at radius 2 is 2.24 bits per heavy atom. The second kappa shape index (κ2) is 7.76. The third-order valence-electron chi connectivity index (χ3n) is 3.38. The van der Waals surface area contributed by atoms with Gasteiger partial charge in [0.1, 0.15) is 12.4 Å². The maximum absolute atomic E-state index is 12.1. The van der Waals surface area contributed by atoms with Crippen LogP contribution in [0.4, 0.5) is 8.78 Å². The normalized spacial score (nSPS) is 17.8. The number of nitrogens with one attached hydrogen (secondary N) is 1. The fraction of sp³-hybridized carbons (Fsp3) is 0.438. The van der Waals surface area contributed by atoms with Gasteiger partial charge in [-0.25, -0.2) is 8.78 Å². The summed E-state index contributed by atoms with van der Waals surface area (Å²) in [5, 5.41) is 2.88. The second-order valence-corrected chi connectivity index (χ2v) is 5.05. The van der Waals surface area contributed by atoms with E-state index < -0.39 is 13.0 Å². The van der Waals surface area contributed by atoms with Gasteiger partial charge in [0.2, 0.25) is 5.91 Å². The first-order valence-electron chi connectivity index (χ1n) is 7.08. The highest BCUT2D eigenvalue weighted by Crippen LogP contribution is 2.19. The summed E-state index contributed by atoms with van der Waals surface area (Å²) in [7, 11) is 0. The number of carbonyl (C=O) groups is 1. The second-order valence-electron chi connectivity index (χ2n) is 5.05. The molecule has 0 radical (unpaired) electrons. The van der Waals surface area contributed by atoms with Crippen LogP contribution in [0.25, 0.3) is 0 Å². The van der Waals surface area contributed by atoms with Crippen molar-refractivity contribution in [2.24, 2.45) is 5.92 Å². The van der Waals surface area contributed by atoms with Crippen LogP contribution in [-0.2, 0) is 11.3 Å². The molecule has 1 aliphatic rings. The number of halogens is 2. The standard InChI is InChI=1S/C16H19F2NO2/c17-15(18)11-21-14-8-4-5-12(9-14)10-19-16(20)13-6-2-1-3-7-13/h1-2,4-5,8-9,13,15H,3,6-7,10-11H2,(H,19,20)/t13-/m0/s1. The first-order chi connectivity index (χ1) is 10.1. The minimum atomic E-state index is -2.49. The fourth-order valence-corrected chi connectivity index (χ4v) is 2.27. The zero-order valence-corrected chi connectivity index (χ0v) is 11.7. The third-order valence-corrected chi connectivity index (χ3v) is 3.38. The van der Waals surface area contributed by atoms with E-state index in [0.717, 1.165) is 24.8 Å². The van der Waals surface area contributed by atoms with Crippen molar-refractivity contribution in [3.8, 4) is 5.75 Å². The molecule has 1 aromatic carbocycles. The van der Waals surface area contributed by atoms with Crippen molar-refractivity contribution in [3.05, 3.63) is 42.0 Å². The van der Waals surface area contributed by atoms with E-state index in [0.29, 0.717) is 12.3 Å². The van der Waals surface area contributed by atoms with E-state index >= 15 is 0 Å². The minimum Gasteiger partial charge on any atom is -0.488 e. The summed E-state index contributed by atoms with van der Waals surface area (Å²) < 4.78 is 29.1. The van der Waals surface area contributed by atoms with Crippen LogP contribution in [0.15, 0.2) is 36.4 Å². The number of benzene rings is 1. The van der Waals surface area contributed by atoms with Crippen LogP contribution in [0, 0.1) is 5.92 Å². The fourth-order valence-electron chi connectivity index (χ4n) is 2.27. The molecule has 1 N–H and O–H groups in total. The SMILES string of the molecule is O=C(NCc1cccc(OCC(F)F)c1)[C@H]1CC=CCC1. The van der Waals surface area contributed by atoms with Crippen molar-refractivity contribution in [1.82, 2.24) is 5.32 Å². The number of hydrogen-bond donors (Lipinski definition) is 1. The van der Waals surface area contributed by atoms with Crippen molar-refractivity contribution in [2.75, 3.05) is 6.61 Å². The predicted molar refractivity (Wildman–Crippen MR) is 76.3 cm³/mol. The number of ether oxygens (including phenoxy) is 1. The molecular formula is C16H19F2NO2. The first kappa shape index (κ1) is 15.5. The summed E-state index contributed by atoms with van der Waals surface area (Å²) in [5.41, 5.74) is 0.835. The van der Waals surface area contributed by atoms with Gasteiger partial charge in [-0.05, 0) is 37.0 Å². The lowest BCUT2D eigenvalue weighted by atomic mass is 9.93. The molecule has 0 spiro atoms. The smallest absolute Gasteiger partial charge is 0.272 e. The molecule has 1 aromatic rings. The number of amides is 1. The molecule has 2 rings (SSSR count). The highest BCUT2D eigenvalue weighted by molar-refractivity contribution is 5.78. The van der Waals surface area contributed by atoms with Gasteiger partial charge in [-0.15, -0.1) is 0 Å². The Hall–Kier alpha value is -1.91. The van der Waals surface area contributed by atoms with E-state index in [-0.39, 0.29) is 11.8 Å². The summed E-state index contributed by atoms with van der Waals surface area (Å²) in [6, 6.07) is 6.85. The molecule has 0 saturated carbocycles. The monoisotopic (exact) mass is 295 g/mol. The van der Waals surface area contributed by atoms with E-state index in [1.54, 1.807) is 18.2 Å². The Labute approximate surface area is 123 Å². The van der Waals surface area contributed by atoms with E-state index in [2.05, 4.69) is 11.4 Å². The van der Waals surface area contributed by atoms with Gasteiger partial charge >= 0.3 is 0 Å². The lowest BCUT2D eigenvalue weighted by Gasteiger charge is -2.17. The molecule has 21 heavy (non-hydrogen) atoms. The maximum atomic E-state index is 12.1. The summed E-state index contributed by atoms with van der Waals surface area (Å²) in [6.07, 6.45) is 4.23. The van der Waals surface area contributed by atoms with Gasteiger partial charge in [0.25, 0.3) is 6.43 Å². The Kier molecular flexibility index (Phi) is 5.72. The van der Waals surface area contributed by atoms with Crippen LogP contribution in [-0.4, -0.2) is 18.9 Å². The Bertz CT molecular complexity index is 503.